The summed E-state index contributed by atoms with van der Waals surface area (Å²) in [7, 11) is -4.54. The third kappa shape index (κ3) is 8.45. The maximum atomic E-state index is 12.7. The Bertz CT molecular complexity index is 1040. The van der Waals surface area contributed by atoms with Gasteiger partial charge in [-0.2, -0.15) is 8.42 Å². The molecule has 4 aliphatic carbocycles. The Morgan fingerprint density at radius 2 is 1.68 bits per heavy atom. The third-order valence-electron chi connectivity index (χ3n) is 13.1. The minimum Gasteiger partial charge on any atom is -0.393 e. The van der Waals surface area contributed by atoms with Gasteiger partial charge in [-0.1, -0.05) is 27.7 Å². The van der Waals surface area contributed by atoms with Gasteiger partial charge in [0.15, 0.2) is 0 Å². The zero-order valence-corrected chi connectivity index (χ0v) is 28.8. The predicted octanol–water partition coefficient (Wildman–Crippen LogP) is 4.73. The van der Waals surface area contributed by atoms with E-state index in [-0.39, 0.29) is 23.9 Å². The van der Waals surface area contributed by atoms with Crippen molar-refractivity contribution in [1.82, 2.24) is 10.6 Å². The Labute approximate surface area is 267 Å². The van der Waals surface area contributed by atoms with Crippen molar-refractivity contribution >= 4 is 16.2 Å². The molecule has 256 valence electrons. The number of rotatable bonds is 17. The zero-order valence-electron chi connectivity index (χ0n) is 27.9. The molecule has 0 aromatic rings. The molecule has 4 fully saturated rings. The van der Waals surface area contributed by atoms with Gasteiger partial charge in [-0.15, -0.1) is 0 Å². The molecule has 0 amide bonds. The molecule has 9 nitrogen and oxygen atoms in total. The number of aliphatic hydroxyl groups is 1. The molecule has 11 atom stereocenters. The number of aliphatic hydroxyl groups excluding tert-OH is 1. The first-order chi connectivity index (χ1) is 20.8. The van der Waals surface area contributed by atoms with Crippen LogP contribution in [-0.2, 0) is 19.4 Å². The van der Waals surface area contributed by atoms with Gasteiger partial charge in [0.25, 0.3) is 0 Å². The Balaban J connectivity index is 1.28. The molecule has 0 radical (unpaired) electrons. The maximum absolute atomic E-state index is 12.7. The van der Waals surface area contributed by atoms with Crippen molar-refractivity contribution in [2.45, 2.75) is 123 Å². The van der Waals surface area contributed by atoms with E-state index < -0.39 is 16.3 Å². The molecule has 0 bridgehead atoms. The fourth-order valence-corrected chi connectivity index (χ4v) is 10.9. The maximum Gasteiger partial charge on any atom is 0.397 e. The fraction of sp³-hybridized carbons (Fsp3) is 0.971. The molecule has 0 aromatic carbocycles. The van der Waals surface area contributed by atoms with Crippen molar-refractivity contribution < 1.29 is 27.1 Å². The lowest BCUT2D eigenvalue weighted by atomic mass is 9.43. The van der Waals surface area contributed by atoms with Gasteiger partial charge in [-0.25, -0.2) is 4.18 Å². The van der Waals surface area contributed by atoms with Crippen LogP contribution in [0.3, 0.4) is 0 Å². The standard InChI is InChI=1S/C34H63N3O6S/c1-23(8-11-30(38)24(2)22-43-44(40,41)42)27-9-10-28-32-29(13-15-34(27,28)4)33(3)14-12-26(20-25(33)21-31(32)39)37-19-7-18-36-17-6-5-16-35/h23-29,31-32,36-37,39H,5-22,35H2,1-4H3,(H,40,41,42)/t23?,24?,25-,26?,27?,28?,29?,31-,32?,33?,34?/m1/s1. The van der Waals surface area contributed by atoms with Gasteiger partial charge in [-0.3, -0.25) is 9.35 Å². The largest absolute Gasteiger partial charge is 0.397 e. The number of nitrogens with one attached hydrogen (secondary N) is 2. The summed E-state index contributed by atoms with van der Waals surface area (Å²) in [4.78, 5) is 12.7. The van der Waals surface area contributed by atoms with Crippen LogP contribution in [0, 0.1) is 52.3 Å². The van der Waals surface area contributed by atoms with Gasteiger partial charge >= 0.3 is 10.4 Å². The minimum absolute atomic E-state index is 0.0225. The number of carbonyl (C=O) groups is 1. The monoisotopic (exact) mass is 641 g/mol. The highest BCUT2D eigenvalue weighted by atomic mass is 32.3. The molecule has 0 saturated heterocycles. The lowest BCUT2D eigenvalue weighted by Crippen LogP contribution is -2.59. The smallest absolute Gasteiger partial charge is 0.393 e. The van der Waals surface area contributed by atoms with Crippen LogP contribution in [0.2, 0.25) is 0 Å². The first-order valence-electron chi connectivity index (χ1n) is 17.8. The summed E-state index contributed by atoms with van der Waals surface area (Å²) in [5.41, 5.74) is 6.07. The molecule has 0 aliphatic heterocycles. The van der Waals surface area contributed by atoms with Crippen LogP contribution in [0.5, 0.6) is 0 Å². The summed E-state index contributed by atoms with van der Waals surface area (Å²) < 4.78 is 35.0. The second kappa shape index (κ2) is 15.5. The van der Waals surface area contributed by atoms with E-state index in [0.29, 0.717) is 53.4 Å². The Morgan fingerprint density at radius 3 is 2.41 bits per heavy atom. The number of Topliss-reactive ketones (excluding diaryl/α,β-unsaturated/α-hetero) is 1. The molecule has 4 aliphatic rings. The second-order valence-corrected chi connectivity index (χ2v) is 16.7. The Kier molecular flexibility index (Phi) is 12.8. The molecule has 10 heteroatoms. The van der Waals surface area contributed by atoms with Crippen LogP contribution in [-0.4, -0.2) is 68.8 Å². The summed E-state index contributed by atoms with van der Waals surface area (Å²) in [6.07, 6.45) is 13.7. The minimum atomic E-state index is -4.54. The van der Waals surface area contributed by atoms with Gasteiger partial charge in [0, 0.05) is 18.4 Å². The molecular weight excluding hydrogens is 578 g/mol. The zero-order chi connectivity index (χ0) is 32.1. The van der Waals surface area contributed by atoms with Gasteiger partial charge in [0.05, 0.1) is 12.7 Å². The average Bonchev–Trinajstić information content (AvgIpc) is 3.33. The van der Waals surface area contributed by atoms with Crippen LogP contribution in [0.4, 0.5) is 0 Å². The molecule has 9 unspecified atom stereocenters. The van der Waals surface area contributed by atoms with E-state index in [0.717, 1.165) is 64.7 Å². The summed E-state index contributed by atoms with van der Waals surface area (Å²) in [5.74, 6) is 2.39. The summed E-state index contributed by atoms with van der Waals surface area (Å²) >= 11 is 0. The SMILES string of the molecule is CC(COS(=O)(=O)O)C(=O)CCC(C)C1CCC2C3C(CCC12C)C1(C)CCC(NCCCNCCCCN)C[C@@H]1C[C@H]3O. The number of ketones is 1. The van der Waals surface area contributed by atoms with Crippen molar-refractivity contribution in [2.75, 3.05) is 32.8 Å². The first kappa shape index (κ1) is 36.2. The molecule has 0 heterocycles. The predicted molar refractivity (Wildman–Crippen MR) is 174 cm³/mol. The third-order valence-corrected chi connectivity index (χ3v) is 13.5. The Hall–Kier alpha value is -0.620. The highest BCUT2D eigenvalue weighted by Crippen LogP contribution is 2.68. The van der Waals surface area contributed by atoms with E-state index in [1.807, 2.05) is 0 Å². The number of unbranched alkanes of at least 4 members (excludes halogenated alkanes) is 1. The quantitative estimate of drug-likeness (QED) is 0.112. The molecule has 6 N–H and O–H groups in total. The van der Waals surface area contributed by atoms with Gasteiger partial charge < -0.3 is 21.5 Å². The lowest BCUT2D eigenvalue weighted by molar-refractivity contribution is -0.167. The van der Waals surface area contributed by atoms with Gasteiger partial charge in [0.1, 0.15) is 5.78 Å². The lowest BCUT2D eigenvalue weighted by Gasteiger charge is -2.62. The van der Waals surface area contributed by atoms with E-state index in [1.165, 1.54) is 38.5 Å². The molecule has 4 saturated carbocycles. The van der Waals surface area contributed by atoms with Crippen molar-refractivity contribution in [3.05, 3.63) is 0 Å². The summed E-state index contributed by atoms with van der Waals surface area (Å²) in [6, 6.07) is 0.560. The van der Waals surface area contributed by atoms with Gasteiger partial charge in [0.2, 0.25) is 0 Å². The van der Waals surface area contributed by atoms with Crippen molar-refractivity contribution in [3.8, 4) is 0 Å². The van der Waals surface area contributed by atoms with Crippen LogP contribution in [0.25, 0.3) is 0 Å². The van der Waals surface area contributed by atoms with Crippen molar-refractivity contribution in [3.63, 3.8) is 0 Å². The van der Waals surface area contributed by atoms with E-state index in [1.54, 1.807) is 6.92 Å². The van der Waals surface area contributed by atoms with Crippen molar-refractivity contribution in [1.29, 1.82) is 0 Å². The number of hydrogen-bond acceptors (Lipinski definition) is 8. The number of hydrogen-bond donors (Lipinski definition) is 5. The van der Waals surface area contributed by atoms with E-state index >= 15 is 0 Å². The summed E-state index contributed by atoms with van der Waals surface area (Å²) in [5, 5.41) is 19.1. The Morgan fingerprint density at radius 1 is 0.977 bits per heavy atom. The first-order valence-corrected chi connectivity index (χ1v) is 19.1. The van der Waals surface area contributed by atoms with E-state index in [9.17, 15) is 18.3 Å². The number of carbonyl (C=O) groups excluding carboxylic acids is 1. The van der Waals surface area contributed by atoms with Crippen LogP contribution in [0.15, 0.2) is 0 Å². The second-order valence-electron chi connectivity index (χ2n) is 15.6. The highest BCUT2D eigenvalue weighted by molar-refractivity contribution is 7.80. The van der Waals surface area contributed by atoms with Gasteiger partial charge in [-0.05, 0) is 150 Å². The van der Waals surface area contributed by atoms with Crippen LogP contribution >= 0.6 is 0 Å². The van der Waals surface area contributed by atoms with E-state index in [2.05, 4.69) is 35.6 Å². The molecule has 4 rings (SSSR count). The fourth-order valence-electron chi connectivity index (χ4n) is 10.5. The molecule has 44 heavy (non-hydrogen) atoms. The number of nitrogens with two attached hydrogens (primary N) is 1. The highest BCUT2D eigenvalue weighted by Gasteiger charge is 2.62. The topological polar surface area (TPSA) is 151 Å². The van der Waals surface area contributed by atoms with Crippen molar-refractivity contribution in [2.24, 2.45) is 58.0 Å². The molecule has 0 aromatic heterocycles. The molecule has 0 spiro atoms. The van der Waals surface area contributed by atoms with E-state index in [4.69, 9.17) is 10.3 Å². The average molecular weight is 642 g/mol. The summed E-state index contributed by atoms with van der Waals surface area (Å²) in [6.45, 7) is 12.6. The normalized spacial score (nSPS) is 38.4. The van der Waals surface area contributed by atoms with Crippen LogP contribution in [0.1, 0.15) is 111 Å². The molecular formula is C34H63N3O6S. The number of fused-ring (bicyclic) bond motifs is 5. The van der Waals surface area contributed by atoms with Crippen LogP contribution < -0.4 is 16.4 Å².